The first-order chi connectivity index (χ1) is 28.2. The molecule has 0 unspecified atom stereocenters. The molecule has 0 N–H and O–H groups in total. The van der Waals surface area contributed by atoms with E-state index in [0.29, 0.717) is 5.56 Å². The Morgan fingerprint density at radius 1 is 0.368 bits per heavy atom. The summed E-state index contributed by atoms with van der Waals surface area (Å²) in [5, 5.41) is 17.0. The third kappa shape index (κ3) is 6.16. The summed E-state index contributed by atoms with van der Waals surface area (Å²) in [6.45, 7) is 0. The topological polar surface area (TPSA) is 39.9 Å². The molecule has 0 saturated heterocycles. The highest BCUT2D eigenvalue weighted by molar-refractivity contribution is 6.23. The molecule has 1 aromatic heterocycles. The fourth-order valence-corrected chi connectivity index (χ4v) is 8.27. The second-order valence-corrected chi connectivity index (χ2v) is 14.3. The zero-order valence-corrected chi connectivity index (χ0v) is 31.0. The molecule has 0 fully saturated rings. The largest absolute Gasteiger partial charge is 0.311 e. The molecule has 57 heavy (non-hydrogen) atoms. The van der Waals surface area contributed by atoms with Gasteiger partial charge in [0.2, 0.25) is 0 Å². The zero-order valence-electron chi connectivity index (χ0n) is 31.0. The third-order valence-electron chi connectivity index (χ3n) is 11.0. The lowest BCUT2D eigenvalue weighted by Gasteiger charge is -2.26. The van der Waals surface area contributed by atoms with E-state index in [4.69, 9.17) is 0 Å². The van der Waals surface area contributed by atoms with Gasteiger partial charge in [-0.25, -0.2) is 0 Å². The highest BCUT2D eigenvalue weighted by atomic mass is 15.1. The molecule has 0 aliphatic rings. The van der Waals surface area contributed by atoms with Gasteiger partial charge in [-0.3, -0.25) is 4.98 Å². The molecular weight excluding hydrogens is 691 g/mol. The molecule has 0 radical (unpaired) electrons. The van der Waals surface area contributed by atoms with Crippen LogP contribution in [0, 0.1) is 11.3 Å². The molecule has 0 amide bonds. The van der Waals surface area contributed by atoms with Crippen LogP contribution in [0.15, 0.2) is 213 Å². The van der Waals surface area contributed by atoms with Gasteiger partial charge in [0.05, 0.1) is 11.6 Å². The highest BCUT2D eigenvalue weighted by Crippen LogP contribution is 2.45. The Bertz CT molecular complexity index is 3030. The number of rotatable bonds is 7. The van der Waals surface area contributed by atoms with Gasteiger partial charge in [0.1, 0.15) is 0 Å². The van der Waals surface area contributed by atoms with Crippen molar-refractivity contribution in [2.75, 3.05) is 4.90 Å². The first kappa shape index (κ1) is 33.7. The van der Waals surface area contributed by atoms with Gasteiger partial charge in [-0.15, -0.1) is 0 Å². The van der Waals surface area contributed by atoms with Crippen molar-refractivity contribution in [1.82, 2.24) is 4.98 Å². The Hall–Kier alpha value is -7.80. The van der Waals surface area contributed by atoms with Crippen LogP contribution in [0.4, 0.5) is 17.1 Å². The predicted molar refractivity (Wildman–Crippen MR) is 238 cm³/mol. The number of pyridine rings is 1. The molecular formula is C54H35N3. The summed E-state index contributed by atoms with van der Waals surface area (Å²) >= 11 is 0. The van der Waals surface area contributed by atoms with Crippen molar-refractivity contribution in [2.24, 2.45) is 0 Å². The fourth-order valence-electron chi connectivity index (χ4n) is 8.27. The van der Waals surface area contributed by atoms with Gasteiger partial charge < -0.3 is 4.90 Å². The molecule has 0 spiro atoms. The summed E-state index contributed by atoms with van der Waals surface area (Å²) in [5.41, 5.74) is 13.1. The quantitative estimate of drug-likeness (QED) is 0.154. The lowest BCUT2D eigenvalue weighted by atomic mass is 9.84. The van der Waals surface area contributed by atoms with E-state index >= 15 is 0 Å². The van der Waals surface area contributed by atoms with Crippen LogP contribution < -0.4 is 4.90 Å². The average Bonchev–Trinajstić information content (AvgIpc) is 3.29. The Morgan fingerprint density at radius 3 is 1.37 bits per heavy atom. The van der Waals surface area contributed by atoms with Gasteiger partial charge in [0, 0.05) is 29.5 Å². The van der Waals surface area contributed by atoms with Crippen LogP contribution in [0.3, 0.4) is 0 Å². The number of aromatic nitrogens is 1. The molecule has 1 heterocycles. The minimum absolute atomic E-state index is 0.631. The highest BCUT2D eigenvalue weighted by Gasteiger charge is 2.18. The normalized spacial score (nSPS) is 11.1. The van der Waals surface area contributed by atoms with Crippen molar-refractivity contribution < 1.29 is 0 Å². The maximum absolute atomic E-state index is 9.47. The molecule has 266 valence electrons. The van der Waals surface area contributed by atoms with Gasteiger partial charge in [0.15, 0.2) is 0 Å². The van der Waals surface area contributed by atoms with E-state index in [1.165, 1.54) is 54.6 Å². The lowest BCUT2D eigenvalue weighted by molar-refractivity contribution is 1.28. The Balaban J connectivity index is 1.02. The van der Waals surface area contributed by atoms with Crippen molar-refractivity contribution in [3.63, 3.8) is 0 Å². The first-order valence-corrected chi connectivity index (χ1v) is 19.2. The number of hydrogen-bond acceptors (Lipinski definition) is 3. The van der Waals surface area contributed by atoms with Crippen molar-refractivity contribution in [3.8, 4) is 50.6 Å². The third-order valence-corrected chi connectivity index (χ3v) is 11.0. The minimum Gasteiger partial charge on any atom is -0.311 e. The van der Waals surface area contributed by atoms with E-state index in [0.717, 1.165) is 39.3 Å². The monoisotopic (exact) mass is 725 g/mol. The summed E-state index contributed by atoms with van der Waals surface area (Å²) in [7, 11) is 0. The summed E-state index contributed by atoms with van der Waals surface area (Å²) < 4.78 is 0. The van der Waals surface area contributed by atoms with Gasteiger partial charge in [-0.05, 0) is 131 Å². The number of fused-ring (bicyclic) bond motifs is 3. The van der Waals surface area contributed by atoms with Crippen LogP contribution in [0.1, 0.15) is 5.56 Å². The molecule has 0 saturated carbocycles. The number of benzene rings is 9. The molecule has 0 aliphatic carbocycles. The van der Waals surface area contributed by atoms with E-state index in [1.54, 1.807) is 6.20 Å². The smallest absolute Gasteiger partial charge is 0.0991 e. The summed E-state index contributed by atoms with van der Waals surface area (Å²) in [6, 6.07) is 73.3. The van der Waals surface area contributed by atoms with Gasteiger partial charge >= 0.3 is 0 Å². The van der Waals surface area contributed by atoms with Gasteiger partial charge in [-0.2, -0.15) is 5.26 Å². The average molecular weight is 726 g/mol. The number of anilines is 3. The van der Waals surface area contributed by atoms with Gasteiger partial charge in [0.25, 0.3) is 0 Å². The maximum atomic E-state index is 9.47. The number of hydrogen-bond donors (Lipinski definition) is 0. The van der Waals surface area contributed by atoms with Crippen LogP contribution in [0.25, 0.3) is 76.8 Å². The Labute approximate surface area is 332 Å². The second-order valence-electron chi connectivity index (χ2n) is 14.3. The van der Waals surface area contributed by atoms with E-state index in [9.17, 15) is 5.26 Å². The standard InChI is InChI=1S/C54H35N3/c55-35-37-18-28-44(29-19-37)57(46-32-26-40(27-33-46)43-11-8-34-56-36-43)45-30-24-39(25-31-45)38-20-22-42(23-21-38)53-49-13-3-5-15-51(49)54(52-16-6-4-14-50(52)53)48-17-7-10-41-9-1-2-12-47(41)48/h1-34,36H. The van der Waals surface area contributed by atoms with Crippen molar-refractivity contribution in [3.05, 3.63) is 218 Å². The number of nitriles is 1. The maximum Gasteiger partial charge on any atom is 0.0991 e. The summed E-state index contributed by atoms with van der Waals surface area (Å²) in [6.07, 6.45) is 3.67. The Morgan fingerprint density at radius 2 is 0.825 bits per heavy atom. The van der Waals surface area contributed by atoms with E-state index in [2.05, 4.69) is 186 Å². The van der Waals surface area contributed by atoms with E-state index in [1.807, 2.05) is 36.5 Å². The van der Waals surface area contributed by atoms with Crippen LogP contribution in [0.2, 0.25) is 0 Å². The summed E-state index contributed by atoms with van der Waals surface area (Å²) in [4.78, 5) is 6.51. The Kier molecular flexibility index (Phi) is 8.56. The van der Waals surface area contributed by atoms with Crippen molar-refractivity contribution in [1.29, 1.82) is 5.26 Å². The van der Waals surface area contributed by atoms with Crippen molar-refractivity contribution in [2.45, 2.75) is 0 Å². The van der Waals surface area contributed by atoms with Gasteiger partial charge in [-0.1, -0.05) is 146 Å². The van der Waals surface area contributed by atoms with E-state index in [-0.39, 0.29) is 0 Å². The second kappa shape index (κ2) is 14.5. The first-order valence-electron chi connectivity index (χ1n) is 19.2. The molecule has 3 nitrogen and oxygen atoms in total. The van der Waals surface area contributed by atoms with E-state index < -0.39 is 0 Å². The van der Waals surface area contributed by atoms with Crippen LogP contribution in [0.5, 0.6) is 0 Å². The zero-order chi connectivity index (χ0) is 38.1. The fraction of sp³-hybridized carbons (Fsp3) is 0. The van der Waals surface area contributed by atoms with Crippen LogP contribution >= 0.6 is 0 Å². The molecule has 10 aromatic rings. The minimum atomic E-state index is 0.631. The lowest BCUT2D eigenvalue weighted by Crippen LogP contribution is -2.09. The SMILES string of the molecule is N#Cc1ccc(N(c2ccc(-c3ccc(-c4c5ccccc5c(-c5cccc6ccccc56)c5ccccc45)cc3)cc2)c2ccc(-c3cccnc3)cc2)cc1. The van der Waals surface area contributed by atoms with Crippen LogP contribution in [-0.4, -0.2) is 4.98 Å². The van der Waals surface area contributed by atoms with Crippen molar-refractivity contribution >= 4 is 49.4 Å². The molecule has 3 heteroatoms. The molecule has 0 bridgehead atoms. The molecule has 9 aromatic carbocycles. The van der Waals surface area contributed by atoms with Crippen LogP contribution in [-0.2, 0) is 0 Å². The predicted octanol–water partition coefficient (Wildman–Crippen LogP) is 14.6. The summed E-state index contributed by atoms with van der Waals surface area (Å²) in [5.74, 6) is 0. The molecule has 10 rings (SSSR count). The molecule has 0 atom stereocenters. The molecule has 0 aliphatic heterocycles. The number of nitrogens with zero attached hydrogens (tertiary/aromatic N) is 3.